The van der Waals surface area contributed by atoms with Crippen LogP contribution in [0.25, 0.3) is 0 Å². The first-order valence-corrected chi connectivity index (χ1v) is 5.86. The lowest BCUT2D eigenvalue weighted by Crippen LogP contribution is -2.57. The summed E-state index contributed by atoms with van der Waals surface area (Å²) in [6.07, 6.45) is 0. The van der Waals surface area contributed by atoms with Gasteiger partial charge in [-0.3, -0.25) is 9.69 Å². The van der Waals surface area contributed by atoms with E-state index in [1.807, 2.05) is 18.0 Å². The fourth-order valence-electron chi connectivity index (χ4n) is 2.13. The molecule has 0 spiro atoms. The maximum atomic E-state index is 12.0. The Balaban J connectivity index is 2.26. The van der Waals surface area contributed by atoms with E-state index in [2.05, 4.69) is 6.07 Å². The van der Waals surface area contributed by atoms with Gasteiger partial charge >= 0.3 is 0 Å². The van der Waals surface area contributed by atoms with Crippen molar-refractivity contribution in [1.82, 2.24) is 4.90 Å². The summed E-state index contributed by atoms with van der Waals surface area (Å²) in [7, 11) is 1.90. The van der Waals surface area contributed by atoms with E-state index in [1.54, 1.807) is 23.1 Å². The third kappa shape index (κ3) is 2.35. The van der Waals surface area contributed by atoms with Gasteiger partial charge in [0, 0.05) is 24.8 Å². The van der Waals surface area contributed by atoms with Crippen LogP contribution in [-0.2, 0) is 4.79 Å². The Kier molecular flexibility index (Phi) is 3.60. The van der Waals surface area contributed by atoms with Gasteiger partial charge in [0.1, 0.15) is 0 Å². The van der Waals surface area contributed by atoms with Crippen LogP contribution in [-0.4, -0.2) is 43.5 Å². The van der Waals surface area contributed by atoms with Gasteiger partial charge in [-0.15, -0.1) is 0 Å². The smallest absolute Gasteiger partial charge is 0.241 e. The monoisotopic (exact) mass is 244 g/mol. The first kappa shape index (κ1) is 12.6. The first-order chi connectivity index (χ1) is 8.65. The average molecular weight is 244 g/mol. The minimum Gasteiger partial charge on any atom is -0.329 e. The highest BCUT2D eigenvalue weighted by Gasteiger charge is 2.29. The average Bonchev–Trinajstić information content (AvgIpc) is 2.39. The minimum absolute atomic E-state index is 0.0392. The number of benzene rings is 1. The number of likely N-dealkylation sites (N-methyl/N-ethyl adjacent to an activating group) is 1. The molecule has 1 aliphatic heterocycles. The fourth-order valence-corrected chi connectivity index (χ4v) is 2.13. The molecule has 0 radical (unpaired) electrons. The second-order valence-corrected chi connectivity index (χ2v) is 4.47. The van der Waals surface area contributed by atoms with Crippen molar-refractivity contribution in [2.45, 2.75) is 6.04 Å². The lowest BCUT2D eigenvalue weighted by Gasteiger charge is -2.38. The predicted octanol–water partition coefficient (Wildman–Crippen LogP) is 0.164. The summed E-state index contributed by atoms with van der Waals surface area (Å²) in [6.45, 7) is 1.44. The topological polar surface area (TPSA) is 73.4 Å². The molecule has 1 saturated heterocycles. The molecule has 2 N–H and O–H groups in total. The molecule has 5 nitrogen and oxygen atoms in total. The molecule has 0 aliphatic carbocycles. The largest absolute Gasteiger partial charge is 0.329 e. The van der Waals surface area contributed by atoms with Crippen LogP contribution in [0.1, 0.15) is 5.56 Å². The lowest BCUT2D eigenvalue weighted by atomic mass is 10.1. The van der Waals surface area contributed by atoms with Crippen LogP contribution in [0.5, 0.6) is 0 Å². The number of nitriles is 1. The molecule has 18 heavy (non-hydrogen) atoms. The quantitative estimate of drug-likeness (QED) is 0.804. The van der Waals surface area contributed by atoms with Crippen LogP contribution < -0.4 is 10.6 Å². The van der Waals surface area contributed by atoms with Crippen molar-refractivity contribution < 1.29 is 4.79 Å². The molecule has 5 heteroatoms. The highest BCUT2D eigenvalue weighted by atomic mass is 16.2. The van der Waals surface area contributed by atoms with Crippen LogP contribution in [0.3, 0.4) is 0 Å². The van der Waals surface area contributed by atoms with Crippen LogP contribution in [0.4, 0.5) is 5.69 Å². The molecular weight excluding hydrogens is 228 g/mol. The molecule has 0 bridgehead atoms. The number of nitrogens with zero attached hydrogens (tertiary/aromatic N) is 3. The SMILES string of the molecule is CN1CC(=O)N(c2cccc(C#N)c2)CC1CN. The number of anilines is 1. The molecule has 1 heterocycles. The van der Waals surface area contributed by atoms with E-state index in [4.69, 9.17) is 11.0 Å². The zero-order valence-electron chi connectivity index (χ0n) is 10.3. The summed E-state index contributed by atoms with van der Waals surface area (Å²) >= 11 is 0. The van der Waals surface area contributed by atoms with Gasteiger partial charge in [0.15, 0.2) is 0 Å². The van der Waals surface area contributed by atoms with Gasteiger partial charge in [0.05, 0.1) is 18.2 Å². The van der Waals surface area contributed by atoms with Crippen molar-refractivity contribution in [3.8, 4) is 6.07 Å². The predicted molar refractivity (Wildman–Crippen MR) is 69.0 cm³/mol. The van der Waals surface area contributed by atoms with Gasteiger partial charge in [0.2, 0.25) is 5.91 Å². The summed E-state index contributed by atoms with van der Waals surface area (Å²) in [6, 6.07) is 9.34. The van der Waals surface area contributed by atoms with Crippen LogP contribution >= 0.6 is 0 Å². The lowest BCUT2D eigenvalue weighted by molar-refractivity contribution is -0.121. The number of piperazine rings is 1. The Morgan fingerprint density at radius 3 is 3.00 bits per heavy atom. The molecule has 1 amide bonds. The number of carbonyl (C=O) groups excluding carboxylic acids is 1. The Bertz CT molecular complexity index is 494. The maximum absolute atomic E-state index is 12.0. The summed E-state index contributed by atoms with van der Waals surface area (Å²) in [5.41, 5.74) is 7.03. The minimum atomic E-state index is 0.0392. The number of rotatable bonds is 2. The number of hydrogen-bond donors (Lipinski definition) is 1. The van der Waals surface area contributed by atoms with E-state index in [9.17, 15) is 4.79 Å². The third-order valence-electron chi connectivity index (χ3n) is 3.26. The van der Waals surface area contributed by atoms with E-state index in [1.165, 1.54) is 0 Å². The van der Waals surface area contributed by atoms with Gasteiger partial charge < -0.3 is 10.6 Å². The van der Waals surface area contributed by atoms with Crippen molar-refractivity contribution in [2.75, 3.05) is 31.6 Å². The molecule has 1 fully saturated rings. The molecule has 0 saturated carbocycles. The van der Waals surface area contributed by atoms with Crippen LogP contribution in [0.2, 0.25) is 0 Å². The normalized spacial score (nSPS) is 20.8. The highest BCUT2D eigenvalue weighted by molar-refractivity contribution is 5.95. The summed E-state index contributed by atoms with van der Waals surface area (Å²) in [5.74, 6) is 0.0392. The van der Waals surface area contributed by atoms with Crippen molar-refractivity contribution in [1.29, 1.82) is 5.26 Å². The van der Waals surface area contributed by atoms with E-state index >= 15 is 0 Å². The van der Waals surface area contributed by atoms with Gasteiger partial charge in [0.25, 0.3) is 0 Å². The number of hydrogen-bond acceptors (Lipinski definition) is 4. The van der Waals surface area contributed by atoms with Gasteiger partial charge in [-0.25, -0.2) is 0 Å². The molecule has 1 aliphatic rings. The Labute approximate surface area is 106 Å². The second-order valence-electron chi connectivity index (χ2n) is 4.47. The van der Waals surface area contributed by atoms with Gasteiger partial charge in [-0.1, -0.05) is 6.07 Å². The van der Waals surface area contributed by atoms with Gasteiger partial charge in [-0.2, -0.15) is 5.26 Å². The first-order valence-electron chi connectivity index (χ1n) is 5.86. The van der Waals surface area contributed by atoms with Crippen molar-refractivity contribution >= 4 is 11.6 Å². The molecule has 2 rings (SSSR count). The molecule has 1 atom stereocenters. The summed E-state index contributed by atoms with van der Waals surface area (Å²) in [5, 5.41) is 8.88. The van der Waals surface area contributed by atoms with Crippen LogP contribution in [0.15, 0.2) is 24.3 Å². The second kappa shape index (κ2) is 5.17. The molecule has 1 unspecified atom stereocenters. The number of nitrogens with two attached hydrogens (primary N) is 1. The van der Waals surface area contributed by atoms with E-state index in [-0.39, 0.29) is 11.9 Å². The fraction of sp³-hybridized carbons (Fsp3) is 0.385. The Morgan fingerprint density at radius 1 is 1.56 bits per heavy atom. The van der Waals surface area contributed by atoms with Crippen molar-refractivity contribution in [2.24, 2.45) is 5.73 Å². The van der Waals surface area contributed by atoms with E-state index in [0.29, 0.717) is 25.2 Å². The maximum Gasteiger partial charge on any atom is 0.241 e. The zero-order valence-corrected chi connectivity index (χ0v) is 10.3. The van der Waals surface area contributed by atoms with Crippen molar-refractivity contribution in [3.63, 3.8) is 0 Å². The number of carbonyl (C=O) groups is 1. The summed E-state index contributed by atoms with van der Waals surface area (Å²) < 4.78 is 0. The van der Waals surface area contributed by atoms with E-state index in [0.717, 1.165) is 5.69 Å². The molecule has 94 valence electrons. The molecule has 0 aromatic heterocycles. The van der Waals surface area contributed by atoms with E-state index < -0.39 is 0 Å². The van der Waals surface area contributed by atoms with Gasteiger partial charge in [-0.05, 0) is 25.2 Å². The molecular formula is C13H16N4O. The Hall–Kier alpha value is -1.90. The molecule has 1 aromatic carbocycles. The van der Waals surface area contributed by atoms with Crippen LogP contribution in [0, 0.1) is 11.3 Å². The Morgan fingerprint density at radius 2 is 2.33 bits per heavy atom. The summed E-state index contributed by atoms with van der Waals surface area (Å²) in [4.78, 5) is 15.7. The zero-order chi connectivity index (χ0) is 13.1. The standard InChI is InChI=1S/C13H16N4O/c1-16-9-13(18)17(8-12(16)7-15)11-4-2-3-10(5-11)6-14/h2-5,12H,7-9,15H2,1H3. The van der Waals surface area contributed by atoms with Crippen molar-refractivity contribution in [3.05, 3.63) is 29.8 Å². The number of amides is 1. The highest BCUT2D eigenvalue weighted by Crippen LogP contribution is 2.20. The molecule has 1 aromatic rings. The third-order valence-corrected chi connectivity index (χ3v) is 3.26.